The van der Waals surface area contributed by atoms with Gasteiger partial charge < -0.3 is 9.80 Å². The Morgan fingerprint density at radius 2 is 1.94 bits per heavy atom. The molecule has 9 heteroatoms. The van der Waals surface area contributed by atoms with Crippen LogP contribution in [0.4, 0.5) is 5.82 Å². The Morgan fingerprint density at radius 3 is 2.78 bits per heavy atom. The number of thioether (sulfide) groups is 1. The van der Waals surface area contributed by atoms with Crippen molar-refractivity contribution in [1.29, 1.82) is 0 Å². The largest absolute Gasteiger partial charge is 0.352 e. The number of thiophene rings is 1. The number of piperazine rings is 1. The van der Waals surface area contributed by atoms with Gasteiger partial charge in [0.2, 0.25) is 5.91 Å². The van der Waals surface area contributed by atoms with Crippen LogP contribution < -0.4 is 4.90 Å². The molecule has 0 spiro atoms. The summed E-state index contributed by atoms with van der Waals surface area (Å²) in [4.78, 5) is 31.4. The van der Waals surface area contributed by atoms with Crippen molar-refractivity contribution in [2.24, 2.45) is 0 Å². The molecule has 4 aromatic rings. The van der Waals surface area contributed by atoms with E-state index in [0.29, 0.717) is 18.8 Å². The number of carbonyl (C=O) groups excluding carboxylic acids is 1. The van der Waals surface area contributed by atoms with Crippen molar-refractivity contribution in [3.63, 3.8) is 0 Å². The third-order valence-electron chi connectivity index (χ3n) is 5.94. The van der Waals surface area contributed by atoms with Gasteiger partial charge in [-0.15, -0.1) is 11.3 Å². The second-order valence-electron chi connectivity index (χ2n) is 7.79. The SMILES string of the molecule is Cc1cccc(-n2ccnc2SCC(=O)N2CCN(c3ncnc4sccc34)CC2)c1C. The number of fused-ring (bicyclic) bond motifs is 1. The minimum Gasteiger partial charge on any atom is -0.352 e. The van der Waals surface area contributed by atoms with E-state index in [9.17, 15) is 4.79 Å². The average molecular weight is 465 g/mol. The molecule has 5 rings (SSSR count). The third kappa shape index (κ3) is 3.98. The standard InChI is InChI=1S/C23H24N6OS2/c1-16-4-3-5-19(17(16)2)29-8-7-24-23(29)32-14-20(30)27-9-11-28(12-10-27)21-18-6-13-31-22(18)26-15-25-21/h3-8,13,15H,9-12,14H2,1-2H3. The molecule has 0 aliphatic carbocycles. The number of aromatic nitrogens is 4. The molecule has 1 aliphatic heterocycles. The highest BCUT2D eigenvalue weighted by atomic mass is 32.2. The molecule has 1 aliphatic rings. The van der Waals surface area contributed by atoms with Gasteiger partial charge in [-0.05, 0) is 42.5 Å². The normalized spacial score (nSPS) is 14.3. The molecule has 1 amide bonds. The Morgan fingerprint density at radius 1 is 1.09 bits per heavy atom. The molecule has 4 heterocycles. The molecular weight excluding hydrogens is 440 g/mol. The molecule has 0 N–H and O–H groups in total. The van der Waals surface area contributed by atoms with Crippen molar-refractivity contribution in [1.82, 2.24) is 24.4 Å². The first kappa shape index (κ1) is 21.0. The predicted molar refractivity (Wildman–Crippen MR) is 130 cm³/mol. The molecule has 1 fully saturated rings. The fraction of sp³-hybridized carbons (Fsp3) is 0.304. The van der Waals surface area contributed by atoms with E-state index >= 15 is 0 Å². The molecule has 164 valence electrons. The van der Waals surface area contributed by atoms with Crippen LogP contribution in [-0.4, -0.2) is 62.3 Å². The highest BCUT2D eigenvalue weighted by Gasteiger charge is 2.24. The van der Waals surface area contributed by atoms with Gasteiger partial charge in [0, 0.05) is 38.6 Å². The number of rotatable bonds is 5. The van der Waals surface area contributed by atoms with Gasteiger partial charge in [-0.2, -0.15) is 0 Å². The van der Waals surface area contributed by atoms with Crippen molar-refractivity contribution in [2.45, 2.75) is 19.0 Å². The van der Waals surface area contributed by atoms with Crippen LogP contribution in [0, 0.1) is 13.8 Å². The molecular formula is C23H24N6OS2. The van der Waals surface area contributed by atoms with Gasteiger partial charge in [-0.3, -0.25) is 9.36 Å². The second kappa shape index (κ2) is 8.91. The maximum Gasteiger partial charge on any atom is 0.233 e. The Labute approximate surface area is 195 Å². The summed E-state index contributed by atoms with van der Waals surface area (Å²) in [7, 11) is 0. The number of carbonyl (C=O) groups is 1. The van der Waals surface area contributed by atoms with E-state index < -0.39 is 0 Å². The summed E-state index contributed by atoms with van der Waals surface area (Å²) in [5, 5.41) is 3.97. The van der Waals surface area contributed by atoms with E-state index in [-0.39, 0.29) is 5.91 Å². The molecule has 7 nitrogen and oxygen atoms in total. The van der Waals surface area contributed by atoms with Crippen LogP contribution in [0.15, 0.2) is 53.5 Å². The fourth-order valence-corrected chi connectivity index (χ4v) is 5.59. The van der Waals surface area contributed by atoms with Crippen LogP contribution in [0.2, 0.25) is 0 Å². The Balaban J connectivity index is 1.21. The number of hydrogen-bond acceptors (Lipinski definition) is 7. The first-order valence-corrected chi connectivity index (χ1v) is 12.4. The van der Waals surface area contributed by atoms with Crippen molar-refractivity contribution in [2.75, 3.05) is 36.8 Å². The first-order chi connectivity index (χ1) is 15.6. The number of anilines is 1. The minimum atomic E-state index is 0.147. The number of hydrogen-bond donors (Lipinski definition) is 0. The van der Waals surface area contributed by atoms with E-state index in [4.69, 9.17) is 0 Å². The van der Waals surface area contributed by atoms with Gasteiger partial charge in [0.15, 0.2) is 5.16 Å². The van der Waals surface area contributed by atoms with Crippen LogP contribution >= 0.6 is 23.1 Å². The van der Waals surface area contributed by atoms with E-state index in [1.165, 1.54) is 22.9 Å². The molecule has 1 saturated heterocycles. The topological polar surface area (TPSA) is 67.2 Å². The predicted octanol–water partition coefficient (Wildman–Crippen LogP) is 3.93. The summed E-state index contributed by atoms with van der Waals surface area (Å²) in [5.41, 5.74) is 3.57. The van der Waals surface area contributed by atoms with Crippen LogP contribution in [-0.2, 0) is 4.79 Å². The van der Waals surface area contributed by atoms with Gasteiger partial charge in [-0.25, -0.2) is 15.0 Å². The Bertz CT molecular complexity index is 1260. The van der Waals surface area contributed by atoms with Gasteiger partial charge in [-0.1, -0.05) is 23.9 Å². The lowest BCUT2D eigenvalue weighted by atomic mass is 10.1. The van der Waals surface area contributed by atoms with Gasteiger partial charge in [0.1, 0.15) is 17.0 Å². The van der Waals surface area contributed by atoms with E-state index in [1.54, 1.807) is 23.9 Å². The summed E-state index contributed by atoms with van der Waals surface area (Å²) in [6.07, 6.45) is 5.38. The van der Waals surface area contributed by atoms with Crippen LogP contribution in [0.25, 0.3) is 15.9 Å². The Kier molecular flexibility index (Phi) is 5.84. The summed E-state index contributed by atoms with van der Waals surface area (Å²) in [6.45, 7) is 7.16. The lowest BCUT2D eigenvalue weighted by Gasteiger charge is -2.35. The fourth-order valence-electron chi connectivity index (χ4n) is 3.99. The average Bonchev–Trinajstić information content (AvgIpc) is 3.49. The number of amides is 1. The summed E-state index contributed by atoms with van der Waals surface area (Å²) in [5.74, 6) is 1.49. The van der Waals surface area contributed by atoms with Gasteiger partial charge in [0.05, 0.1) is 16.8 Å². The van der Waals surface area contributed by atoms with Crippen LogP contribution in [0.3, 0.4) is 0 Å². The highest BCUT2D eigenvalue weighted by molar-refractivity contribution is 7.99. The zero-order chi connectivity index (χ0) is 22.1. The summed E-state index contributed by atoms with van der Waals surface area (Å²) in [6, 6.07) is 8.32. The lowest BCUT2D eigenvalue weighted by molar-refractivity contribution is -0.128. The maximum atomic E-state index is 12.9. The van der Waals surface area contributed by atoms with Crippen molar-refractivity contribution < 1.29 is 4.79 Å². The zero-order valence-electron chi connectivity index (χ0n) is 18.1. The maximum absolute atomic E-state index is 12.9. The van der Waals surface area contributed by atoms with Crippen molar-refractivity contribution in [3.8, 4) is 5.69 Å². The van der Waals surface area contributed by atoms with Gasteiger partial charge in [0.25, 0.3) is 0 Å². The van der Waals surface area contributed by atoms with E-state index in [1.807, 2.05) is 16.5 Å². The summed E-state index contributed by atoms with van der Waals surface area (Å²) < 4.78 is 2.07. The van der Waals surface area contributed by atoms with E-state index in [2.05, 4.69) is 62.5 Å². The van der Waals surface area contributed by atoms with Crippen LogP contribution in [0.5, 0.6) is 0 Å². The smallest absolute Gasteiger partial charge is 0.233 e. The molecule has 32 heavy (non-hydrogen) atoms. The van der Waals surface area contributed by atoms with Crippen molar-refractivity contribution >= 4 is 45.0 Å². The second-order valence-corrected chi connectivity index (χ2v) is 9.63. The van der Waals surface area contributed by atoms with Crippen molar-refractivity contribution in [3.05, 3.63) is 59.5 Å². The third-order valence-corrected chi connectivity index (χ3v) is 7.71. The molecule has 0 atom stereocenters. The zero-order valence-corrected chi connectivity index (χ0v) is 19.7. The molecule has 0 bridgehead atoms. The molecule has 0 saturated carbocycles. The Hall–Kier alpha value is -2.91. The lowest BCUT2D eigenvalue weighted by Crippen LogP contribution is -2.49. The first-order valence-electron chi connectivity index (χ1n) is 10.6. The molecule has 0 unspecified atom stereocenters. The molecule has 0 radical (unpaired) electrons. The molecule has 3 aromatic heterocycles. The minimum absolute atomic E-state index is 0.147. The van der Waals surface area contributed by atoms with Gasteiger partial charge >= 0.3 is 0 Å². The highest BCUT2D eigenvalue weighted by Crippen LogP contribution is 2.28. The molecule has 1 aromatic carbocycles. The summed E-state index contributed by atoms with van der Waals surface area (Å²) >= 11 is 3.12. The number of imidazole rings is 1. The number of nitrogens with zero attached hydrogens (tertiary/aromatic N) is 6. The number of aryl methyl sites for hydroxylation is 1. The number of benzene rings is 1. The van der Waals surface area contributed by atoms with Crippen LogP contribution in [0.1, 0.15) is 11.1 Å². The monoisotopic (exact) mass is 464 g/mol. The quantitative estimate of drug-likeness (QED) is 0.417. The van der Waals surface area contributed by atoms with E-state index in [0.717, 1.165) is 40.0 Å².